The highest BCUT2D eigenvalue weighted by Crippen LogP contribution is 2.44. The minimum absolute atomic E-state index is 0.0351. The Bertz CT molecular complexity index is 1080. The van der Waals surface area contributed by atoms with Crippen LogP contribution in [0, 0.1) is 0 Å². The number of rotatable bonds is 3. The third-order valence-electron chi connectivity index (χ3n) is 3.75. The van der Waals surface area contributed by atoms with Crippen LogP contribution in [0.1, 0.15) is 10.4 Å². The number of carbonyl (C=O) groups is 1. The van der Waals surface area contributed by atoms with Crippen molar-refractivity contribution in [1.29, 1.82) is 0 Å². The van der Waals surface area contributed by atoms with Gasteiger partial charge in [-0.2, -0.15) is 0 Å². The molecule has 0 spiro atoms. The van der Waals surface area contributed by atoms with Gasteiger partial charge in [-0.05, 0) is 24.3 Å². The highest BCUT2D eigenvalue weighted by molar-refractivity contribution is 6.50. The molecule has 9 heteroatoms. The van der Waals surface area contributed by atoms with Crippen LogP contribution in [0.2, 0.25) is 30.1 Å². The van der Waals surface area contributed by atoms with Crippen molar-refractivity contribution in [1.82, 2.24) is 4.98 Å². The van der Waals surface area contributed by atoms with Gasteiger partial charge in [0.25, 0.3) is 0 Å². The van der Waals surface area contributed by atoms with Crippen LogP contribution < -0.4 is 0 Å². The van der Waals surface area contributed by atoms with Gasteiger partial charge >= 0.3 is 5.97 Å². The number of halogens is 6. The predicted octanol–water partition coefficient (Wildman–Crippen LogP) is 8.03. The summed E-state index contributed by atoms with van der Waals surface area (Å²) in [6.07, 6.45) is 1.21. The number of pyridine rings is 1. The minimum Gasteiger partial charge on any atom is -0.478 e. The summed E-state index contributed by atoms with van der Waals surface area (Å²) in [6, 6.07) is 7.80. The summed E-state index contributed by atoms with van der Waals surface area (Å²) in [7, 11) is 0. The first-order valence-electron chi connectivity index (χ1n) is 7.23. The fourth-order valence-electron chi connectivity index (χ4n) is 2.44. The number of hydrogen-bond donors (Lipinski definition) is 1. The zero-order valence-electron chi connectivity index (χ0n) is 13.0. The van der Waals surface area contributed by atoms with Crippen LogP contribution in [0.15, 0.2) is 36.5 Å². The van der Waals surface area contributed by atoms with E-state index >= 15 is 0 Å². The van der Waals surface area contributed by atoms with Crippen molar-refractivity contribution in [2.45, 2.75) is 0 Å². The molecule has 0 aliphatic rings. The van der Waals surface area contributed by atoms with Crippen molar-refractivity contribution >= 4 is 75.6 Å². The Balaban J connectivity index is 2.36. The maximum absolute atomic E-state index is 11.4. The van der Waals surface area contributed by atoms with Crippen LogP contribution in [0.25, 0.3) is 22.4 Å². The summed E-state index contributed by atoms with van der Waals surface area (Å²) in [4.78, 5) is 15.7. The molecule has 0 fully saturated rings. The first-order chi connectivity index (χ1) is 12.7. The fraction of sp³-hybridized carbons (Fsp3) is 0. The predicted molar refractivity (Wildman–Crippen MR) is 112 cm³/mol. The second-order valence-electron chi connectivity index (χ2n) is 5.37. The van der Waals surface area contributed by atoms with Crippen molar-refractivity contribution in [3.8, 4) is 22.4 Å². The van der Waals surface area contributed by atoms with Crippen LogP contribution in [0.5, 0.6) is 0 Å². The van der Waals surface area contributed by atoms with E-state index in [2.05, 4.69) is 4.98 Å². The van der Waals surface area contributed by atoms with E-state index in [1.165, 1.54) is 12.3 Å². The van der Waals surface area contributed by atoms with Crippen LogP contribution >= 0.6 is 69.6 Å². The van der Waals surface area contributed by atoms with E-state index in [-0.39, 0.29) is 35.7 Å². The normalized spacial score (nSPS) is 10.9. The molecule has 3 rings (SSSR count). The summed E-state index contributed by atoms with van der Waals surface area (Å²) in [5, 5.41) is 10.5. The maximum atomic E-state index is 11.4. The molecule has 0 saturated heterocycles. The molecular weight excluding hydrogens is 475 g/mol. The zero-order chi connectivity index (χ0) is 19.9. The van der Waals surface area contributed by atoms with Gasteiger partial charge in [0.05, 0.1) is 41.4 Å². The number of aromatic carboxylic acids is 1. The van der Waals surface area contributed by atoms with Crippen molar-refractivity contribution in [2.24, 2.45) is 0 Å². The van der Waals surface area contributed by atoms with Gasteiger partial charge in [-0.15, -0.1) is 0 Å². The molecule has 1 N–H and O–H groups in total. The summed E-state index contributed by atoms with van der Waals surface area (Å²) in [5.74, 6) is -1.15. The van der Waals surface area contributed by atoms with Gasteiger partial charge in [0.15, 0.2) is 0 Å². The second-order valence-corrected chi connectivity index (χ2v) is 7.70. The molecule has 0 amide bonds. The smallest absolute Gasteiger partial charge is 0.337 e. The van der Waals surface area contributed by atoms with E-state index in [9.17, 15) is 9.90 Å². The third-order valence-corrected chi connectivity index (χ3v) is 6.34. The van der Waals surface area contributed by atoms with Crippen molar-refractivity contribution in [2.75, 3.05) is 0 Å². The Hall–Kier alpha value is -1.20. The van der Waals surface area contributed by atoms with E-state index in [4.69, 9.17) is 69.6 Å². The Morgan fingerprint density at radius 2 is 1.26 bits per heavy atom. The second kappa shape index (κ2) is 8.04. The van der Waals surface area contributed by atoms with Gasteiger partial charge in [-0.25, -0.2) is 4.79 Å². The highest BCUT2D eigenvalue weighted by Gasteiger charge is 2.20. The molecule has 3 nitrogen and oxygen atoms in total. The summed E-state index contributed by atoms with van der Waals surface area (Å²) in [6.45, 7) is 0. The molecule has 2 aromatic carbocycles. The Labute approximate surface area is 184 Å². The average Bonchev–Trinajstić information content (AvgIpc) is 2.64. The third kappa shape index (κ3) is 3.86. The maximum Gasteiger partial charge on any atom is 0.337 e. The van der Waals surface area contributed by atoms with Crippen LogP contribution in [-0.2, 0) is 0 Å². The first-order valence-corrected chi connectivity index (χ1v) is 9.50. The van der Waals surface area contributed by atoms with Crippen molar-refractivity contribution in [3.05, 3.63) is 72.2 Å². The van der Waals surface area contributed by atoms with Gasteiger partial charge in [0.2, 0.25) is 0 Å². The molecule has 0 aliphatic carbocycles. The SMILES string of the molecule is O=C(O)c1cnc(-c2ccc(Cl)c(Cl)c2Cl)c(-c2ccc(Cl)c(Cl)c2Cl)c1. The van der Waals surface area contributed by atoms with E-state index in [0.717, 1.165) is 0 Å². The average molecular weight is 482 g/mol. The van der Waals surface area contributed by atoms with Gasteiger partial charge in [-0.1, -0.05) is 75.7 Å². The van der Waals surface area contributed by atoms with E-state index in [1.807, 2.05) is 0 Å². The Kier molecular flexibility index (Phi) is 6.11. The summed E-state index contributed by atoms with van der Waals surface area (Å²) >= 11 is 37.0. The van der Waals surface area contributed by atoms with Gasteiger partial charge < -0.3 is 5.11 Å². The summed E-state index contributed by atoms with van der Waals surface area (Å²) in [5.41, 5.74) is 1.63. The van der Waals surface area contributed by atoms with E-state index in [1.54, 1.807) is 24.3 Å². The lowest BCUT2D eigenvalue weighted by Gasteiger charge is -2.15. The molecule has 1 aromatic heterocycles. The Morgan fingerprint density at radius 3 is 1.81 bits per heavy atom. The molecule has 27 heavy (non-hydrogen) atoms. The van der Waals surface area contributed by atoms with Gasteiger partial charge in [-0.3, -0.25) is 4.98 Å². The number of carboxylic acid groups (broad SMARTS) is 1. The summed E-state index contributed by atoms with van der Waals surface area (Å²) < 4.78 is 0. The molecule has 0 saturated carbocycles. The van der Waals surface area contributed by atoms with Gasteiger partial charge in [0, 0.05) is 22.9 Å². The molecule has 0 radical (unpaired) electrons. The van der Waals surface area contributed by atoms with Crippen molar-refractivity contribution < 1.29 is 9.90 Å². The highest BCUT2D eigenvalue weighted by atomic mass is 35.5. The van der Waals surface area contributed by atoms with E-state index < -0.39 is 5.97 Å². The quantitative estimate of drug-likeness (QED) is 0.385. The minimum atomic E-state index is -1.15. The topological polar surface area (TPSA) is 50.2 Å². The number of hydrogen-bond acceptors (Lipinski definition) is 2. The standard InChI is InChI=1S/C18H7Cl6NO2/c19-11-3-1-8(13(21)15(11)23)10-5-7(18(26)27)6-25-17(10)9-2-4-12(20)16(24)14(9)22/h1-6H,(H,26,27). The monoisotopic (exact) mass is 479 g/mol. The molecule has 3 aromatic rings. The number of benzene rings is 2. The van der Waals surface area contributed by atoms with Crippen LogP contribution in [0.3, 0.4) is 0 Å². The fourth-order valence-corrected chi connectivity index (χ4v) is 3.71. The number of aromatic nitrogens is 1. The van der Waals surface area contributed by atoms with E-state index in [0.29, 0.717) is 22.4 Å². The molecule has 0 aliphatic heterocycles. The molecule has 0 unspecified atom stereocenters. The van der Waals surface area contributed by atoms with Crippen LogP contribution in [-0.4, -0.2) is 16.1 Å². The molecule has 0 bridgehead atoms. The lowest BCUT2D eigenvalue weighted by Crippen LogP contribution is -2.00. The zero-order valence-corrected chi connectivity index (χ0v) is 17.6. The Morgan fingerprint density at radius 1 is 0.741 bits per heavy atom. The number of nitrogens with zero attached hydrogens (tertiary/aromatic N) is 1. The van der Waals surface area contributed by atoms with Gasteiger partial charge in [0.1, 0.15) is 0 Å². The molecular formula is C18H7Cl6NO2. The molecule has 138 valence electrons. The largest absolute Gasteiger partial charge is 0.478 e. The number of carboxylic acids is 1. The molecule has 0 atom stereocenters. The van der Waals surface area contributed by atoms with Crippen molar-refractivity contribution in [3.63, 3.8) is 0 Å². The molecule has 1 heterocycles. The lowest BCUT2D eigenvalue weighted by atomic mass is 9.97. The van der Waals surface area contributed by atoms with Crippen LogP contribution in [0.4, 0.5) is 0 Å². The first kappa shape index (κ1) is 20.5. The lowest BCUT2D eigenvalue weighted by molar-refractivity contribution is 0.0696.